The Bertz CT molecular complexity index is 1280. The second kappa shape index (κ2) is 8.20. The zero-order chi connectivity index (χ0) is 21.1. The molecule has 2 aromatic carbocycles. The summed E-state index contributed by atoms with van der Waals surface area (Å²) in [6.07, 6.45) is 0. The number of methoxy groups -OCH3 is 1. The van der Waals surface area contributed by atoms with Gasteiger partial charge < -0.3 is 19.2 Å². The molecule has 4 aromatic rings. The summed E-state index contributed by atoms with van der Waals surface area (Å²) in [5, 5.41) is 0.942. The topological polar surface area (TPSA) is 103 Å². The van der Waals surface area contributed by atoms with Gasteiger partial charge in [0.25, 0.3) is 5.56 Å². The smallest absolute Gasteiger partial charge is 0.374 e. The van der Waals surface area contributed by atoms with Gasteiger partial charge in [-0.2, -0.15) is 0 Å². The van der Waals surface area contributed by atoms with Crippen molar-refractivity contribution in [3.63, 3.8) is 0 Å². The number of hydrogen-bond acceptors (Lipinski definition) is 7. The van der Waals surface area contributed by atoms with Crippen molar-refractivity contribution in [1.82, 2.24) is 15.0 Å². The number of carbonyl (C=O) groups is 1. The van der Waals surface area contributed by atoms with Crippen LogP contribution in [0.2, 0.25) is 0 Å². The molecule has 0 unspecified atom stereocenters. The minimum Gasteiger partial charge on any atom is -0.493 e. The molecule has 0 radical (unpaired) electrons. The summed E-state index contributed by atoms with van der Waals surface area (Å²) in [4.78, 5) is 35.4. The van der Waals surface area contributed by atoms with Crippen LogP contribution >= 0.6 is 0 Å². The third-order valence-corrected chi connectivity index (χ3v) is 4.48. The van der Waals surface area contributed by atoms with Crippen LogP contribution in [0.15, 0.2) is 53.3 Å². The van der Waals surface area contributed by atoms with Crippen LogP contribution in [0.1, 0.15) is 23.1 Å². The SMILES string of the molecule is CCOC(=O)c1nc2nc3cc(OC)c(OCc4ccccc4)cc3cc2c(=O)[nH]1. The normalized spacial score (nSPS) is 10.9. The first-order chi connectivity index (χ1) is 14.6. The lowest BCUT2D eigenvalue weighted by Gasteiger charge is -2.12. The van der Waals surface area contributed by atoms with E-state index < -0.39 is 11.5 Å². The van der Waals surface area contributed by atoms with Crippen LogP contribution in [0, 0.1) is 0 Å². The van der Waals surface area contributed by atoms with Crippen molar-refractivity contribution in [2.24, 2.45) is 0 Å². The zero-order valence-electron chi connectivity index (χ0n) is 16.5. The Morgan fingerprint density at radius 2 is 1.87 bits per heavy atom. The number of esters is 1. The van der Waals surface area contributed by atoms with Crippen molar-refractivity contribution in [3.8, 4) is 11.5 Å². The fourth-order valence-corrected chi connectivity index (χ4v) is 3.04. The number of pyridine rings is 1. The van der Waals surface area contributed by atoms with Crippen LogP contribution in [0.4, 0.5) is 0 Å². The van der Waals surface area contributed by atoms with Crippen LogP contribution in [-0.2, 0) is 11.3 Å². The molecule has 152 valence electrons. The minimum atomic E-state index is -0.708. The minimum absolute atomic E-state index is 0.148. The summed E-state index contributed by atoms with van der Waals surface area (Å²) in [7, 11) is 1.54. The Labute approximate surface area is 171 Å². The number of aromatic nitrogens is 3. The maximum absolute atomic E-state index is 12.5. The maximum Gasteiger partial charge on any atom is 0.374 e. The third kappa shape index (κ3) is 3.80. The number of rotatable bonds is 6. The number of benzene rings is 2. The van der Waals surface area contributed by atoms with Crippen molar-refractivity contribution >= 4 is 27.9 Å². The summed E-state index contributed by atoms with van der Waals surface area (Å²) in [5.74, 6) is 0.139. The van der Waals surface area contributed by atoms with E-state index in [0.717, 1.165) is 5.56 Å². The van der Waals surface area contributed by atoms with E-state index in [4.69, 9.17) is 14.2 Å². The average molecular weight is 405 g/mol. The monoisotopic (exact) mass is 405 g/mol. The number of aromatic amines is 1. The number of carbonyl (C=O) groups excluding carboxylic acids is 1. The summed E-state index contributed by atoms with van der Waals surface area (Å²) < 4.78 is 16.3. The first-order valence-corrected chi connectivity index (χ1v) is 9.35. The van der Waals surface area contributed by atoms with Crippen molar-refractivity contribution in [1.29, 1.82) is 0 Å². The van der Waals surface area contributed by atoms with Crippen molar-refractivity contribution in [2.75, 3.05) is 13.7 Å². The fraction of sp³-hybridized carbons (Fsp3) is 0.182. The number of fused-ring (bicyclic) bond motifs is 2. The van der Waals surface area contributed by atoms with Gasteiger partial charge in [0.05, 0.1) is 24.6 Å². The lowest BCUT2D eigenvalue weighted by Crippen LogP contribution is -2.18. The Morgan fingerprint density at radius 1 is 1.07 bits per heavy atom. The summed E-state index contributed by atoms with van der Waals surface area (Å²) in [5.41, 5.74) is 1.25. The molecular weight excluding hydrogens is 386 g/mol. The summed E-state index contributed by atoms with van der Waals surface area (Å²) >= 11 is 0. The second-order valence-corrected chi connectivity index (χ2v) is 6.46. The van der Waals surface area contributed by atoms with E-state index in [1.807, 2.05) is 30.3 Å². The molecule has 0 atom stereocenters. The first-order valence-electron chi connectivity index (χ1n) is 9.35. The standard InChI is InChI=1S/C22H19N3O5/c1-3-29-22(27)20-24-19-15(21(26)25-20)9-14-10-18(17(28-2)11-16(14)23-19)30-12-13-7-5-4-6-8-13/h4-11H,3,12H2,1-2H3,(H,23,24,25,26). The predicted octanol–water partition coefficient (Wildman–Crippen LogP) is 3.24. The molecule has 30 heavy (non-hydrogen) atoms. The second-order valence-electron chi connectivity index (χ2n) is 6.46. The molecule has 0 saturated heterocycles. The van der Waals surface area contributed by atoms with Gasteiger partial charge in [-0.1, -0.05) is 30.3 Å². The number of nitrogens with zero attached hydrogens (tertiary/aromatic N) is 2. The largest absolute Gasteiger partial charge is 0.493 e. The molecule has 0 aliphatic rings. The van der Waals surface area contributed by atoms with Gasteiger partial charge >= 0.3 is 5.97 Å². The van der Waals surface area contributed by atoms with Crippen LogP contribution in [0.25, 0.3) is 21.9 Å². The van der Waals surface area contributed by atoms with E-state index in [1.54, 1.807) is 32.2 Å². The van der Waals surface area contributed by atoms with Crippen molar-refractivity contribution in [2.45, 2.75) is 13.5 Å². The van der Waals surface area contributed by atoms with Gasteiger partial charge in [0.15, 0.2) is 17.1 Å². The molecular formula is C22H19N3O5. The van der Waals surface area contributed by atoms with Gasteiger partial charge in [0, 0.05) is 11.5 Å². The number of H-pyrrole nitrogens is 1. The van der Waals surface area contributed by atoms with Gasteiger partial charge in [-0.15, -0.1) is 0 Å². The average Bonchev–Trinajstić information content (AvgIpc) is 2.76. The number of ether oxygens (including phenoxy) is 3. The molecule has 2 heterocycles. The molecule has 0 spiro atoms. The van der Waals surface area contributed by atoms with Gasteiger partial charge in [0.1, 0.15) is 6.61 Å². The van der Waals surface area contributed by atoms with Crippen LogP contribution in [-0.4, -0.2) is 34.6 Å². The van der Waals surface area contributed by atoms with E-state index in [9.17, 15) is 9.59 Å². The van der Waals surface area contributed by atoms with E-state index >= 15 is 0 Å². The molecule has 0 aliphatic heterocycles. The van der Waals surface area contributed by atoms with Crippen LogP contribution in [0.3, 0.4) is 0 Å². The highest BCUT2D eigenvalue weighted by Gasteiger charge is 2.15. The van der Waals surface area contributed by atoms with Crippen LogP contribution in [0.5, 0.6) is 11.5 Å². The molecule has 8 heteroatoms. The lowest BCUT2D eigenvalue weighted by molar-refractivity contribution is 0.0512. The fourth-order valence-electron chi connectivity index (χ4n) is 3.04. The highest BCUT2D eigenvalue weighted by molar-refractivity contribution is 5.94. The molecule has 0 amide bonds. The summed E-state index contributed by atoms with van der Waals surface area (Å²) in [6, 6.07) is 14.9. The number of nitrogens with one attached hydrogen (secondary N) is 1. The van der Waals surface area contributed by atoms with Gasteiger partial charge in [0.2, 0.25) is 5.82 Å². The number of hydrogen-bond donors (Lipinski definition) is 1. The quantitative estimate of drug-likeness (QED) is 0.388. The molecule has 8 nitrogen and oxygen atoms in total. The van der Waals surface area contributed by atoms with E-state index in [-0.39, 0.29) is 23.5 Å². The molecule has 0 bridgehead atoms. The molecule has 2 aromatic heterocycles. The Kier molecular flexibility index (Phi) is 5.30. The highest BCUT2D eigenvalue weighted by atomic mass is 16.5. The van der Waals surface area contributed by atoms with Gasteiger partial charge in [-0.05, 0) is 24.6 Å². The van der Waals surface area contributed by atoms with E-state index in [0.29, 0.717) is 29.0 Å². The van der Waals surface area contributed by atoms with Crippen molar-refractivity contribution < 1.29 is 19.0 Å². The first kappa shape index (κ1) is 19.4. The Balaban J connectivity index is 1.77. The molecule has 0 aliphatic carbocycles. The Hall–Kier alpha value is -3.94. The predicted molar refractivity (Wildman–Crippen MR) is 111 cm³/mol. The zero-order valence-corrected chi connectivity index (χ0v) is 16.5. The van der Waals surface area contributed by atoms with Gasteiger partial charge in [-0.3, -0.25) is 4.79 Å². The van der Waals surface area contributed by atoms with Crippen LogP contribution < -0.4 is 15.0 Å². The summed E-state index contributed by atoms with van der Waals surface area (Å²) in [6.45, 7) is 2.22. The molecule has 1 N–H and O–H groups in total. The lowest BCUT2D eigenvalue weighted by atomic mass is 10.1. The molecule has 0 saturated carbocycles. The highest BCUT2D eigenvalue weighted by Crippen LogP contribution is 2.33. The third-order valence-electron chi connectivity index (χ3n) is 4.48. The maximum atomic E-state index is 12.5. The van der Waals surface area contributed by atoms with E-state index in [2.05, 4.69) is 15.0 Å². The Morgan fingerprint density at radius 3 is 2.60 bits per heavy atom. The van der Waals surface area contributed by atoms with Gasteiger partial charge in [-0.25, -0.2) is 14.8 Å². The van der Waals surface area contributed by atoms with E-state index in [1.165, 1.54) is 0 Å². The molecule has 4 rings (SSSR count). The molecule has 0 fully saturated rings. The van der Waals surface area contributed by atoms with Crippen molar-refractivity contribution in [3.05, 3.63) is 70.3 Å².